The van der Waals surface area contributed by atoms with Crippen molar-refractivity contribution in [3.63, 3.8) is 0 Å². The molecule has 0 aliphatic heterocycles. The van der Waals surface area contributed by atoms with Crippen molar-refractivity contribution in [1.29, 1.82) is 0 Å². The smallest absolute Gasteiger partial charge is 0 e. The standard InChI is InChI=1S/C4H10S.Au/c1-3-4-5-2;/h3-4H2,1-2H3;. The molecule has 0 aliphatic rings. The van der Waals surface area contributed by atoms with Crippen molar-refractivity contribution >= 4 is 11.8 Å². The molecule has 0 amide bonds. The summed E-state index contributed by atoms with van der Waals surface area (Å²) in [5, 5.41) is 0. The summed E-state index contributed by atoms with van der Waals surface area (Å²) in [5.41, 5.74) is 0. The fourth-order valence-corrected chi connectivity index (χ4v) is 0.612. The molecule has 0 spiro atoms. The third-order valence-electron chi connectivity index (χ3n) is 0.408. The Morgan fingerprint density at radius 3 is 2.00 bits per heavy atom. The first-order valence-corrected chi connectivity index (χ1v) is 3.30. The van der Waals surface area contributed by atoms with Gasteiger partial charge in [0.15, 0.2) is 0 Å². The predicted octanol–water partition coefficient (Wildman–Crippen LogP) is 1.76. The first-order valence-electron chi connectivity index (χ1n) is 1.90. The third-order valence-corrected chi connectivity index (χ3v) is 1.22. The number of hydrogen-bond acceptors (Lipinski definition) is 1. The van der Waals surface area contributed by atoms with Crippen molar-refractivity contribution in [2.45, 2.75) is 13.3 Å². The predicted molar refractivity (Wildman–Crippen MR) is 28.7 cm³/mol. The Kier molecular flexibility index (Phi) is 16.0. The van der Waals surface area contributed by atoms with Crippen LogP contribution in [0.3, 0.4) is 0 Å². The van der Waals surface area contributed by atoms with E-state index in [2.05, 4.69) is 13.2 Å². The van der Waals surface area contributed by atoms with Crippen LogP contribution in [0.5, 0.6) is 0 Å². The Balaban J connectivity index is 0. The average molecular weight is 287 g/mol. The molecule has 0 fully saturated rings. The zero-order valence-corrected chi connectivity index (χ0v) is 7.11. The molecule has 2 heteroatoms. The Hall–Kier alpha value is 1.09. The summed E-state index contributed by atoms with van der Waals surface area (Å²) in [6.07, 6.45) is 3.44. The van der Waals surface area contributed by atoms with Gasteiger partial charge in [-0.1, -0.05) is 6.92 Å². The van der Waals surface area contributed by atoms with E-state index in [9.17, 15) is 0 Å². The quantitative estimate of drug-likeness (QED) is 0.697. The van der Waals surface area contributed by atoms with Crippen LogP contribution in [0.2, 0.25) is 0 Å². The van der Waals surface area contributed by atoms with Crippen LogP contribution in [-0.4, -0.2) is 12.0 Å². The normalized spacial score (nSPS) is 7.00. The number of rotatable bonds is 2. The maximum absolute atomic E-state index is 2.19. The van der Waals surface area contributed by atoms with Crippen molar-refractivity contribution in [2.24, 2.45) is 0 Å². The summed E-state index contributed by atoms with van der Waals surface area (Å²) in [7, 11) is 0. The molecule has 6 heavy (non-hydrogen) atoms. The monoisotopic (exact) mass is 287 g/mol. The van der Waals surface area contributed by atoms with Crippen molar-refractivity contribution < 1.29 is 22.4 Å². The molecule has 0 aromatic rings. The van der Waals surface area contributed by atoms with Crippen LogP contribution in [-0.2, 0) is 22.4 Å². The first-order chi connectivity index (χ1) is 2.41. The first kappa shape index (κ1) is 10.1. The molecule has 0 aliphatic carbocycles. The van der Waals surface area contributed by atoms with Gasteiger partial charge in [-0.05, 0) is 18.4 Å². The minimum Gasteiger partial charge on any atom is -0.165 e. The second kappa shape index (κ2) is 9.43. The molecule has 0 aromatic heterocycles. The topological polar surface area (TPSA) is 0 Å². The molecule has 0 N–H and O–H groups in total. The van der Waals surface area contributed by atoms with Gasteiger partial charge in [-0.2, -0.15) is 11.8 Å². The summed E-state index contributed by atoms with van der Waals surface area (Å²) < 4.78 is 0. The van der Waals surface area contributed by atoms with Gasteiger partial charge in [-0.25, -0.2) is 0 Å². The molecule has 0 rings (SSSR count). The Labute approximate surface area is 59.6 Å². The average Bonchev–Trinajstić information content (AvgIpc) is 1.41. The maximum atomic E-state index is 2.19. The van der Waals surface area contributed by atoms with Crippen molar-refractivity contribution in [2.75, 3.05) is 12.0 Å². The third kappa shape index (κ3) is 8.92. The van der Waals surface area contributed by atoms with E-state index in [1.165, 1.54) is 12.2 Å². The SMILES string of the molecule is CCCSC.[Au]. The summed E-state index contributed by atoms with van der Waals surface area (Å²) in [4.78, 5) is 0. The van der Waals surface area contributed by atoms with Crippen LogP contribution < -0.4 is 0 Å². The van der Waals surface area contributed by atoms with Crippen LogP contribution >= 0.6 is 11.8 Å². The van der Waals surface area contributed by atoms with Crippen LogP contribution in [0.15, 0.2) is 0 Å². The van der Waals surface area contributed by atoms with Gasteiger partial charge in [-0.15, -0.1) is 0 Å². The minimum absolute atomic E-state index is 0. The summed E-state index contributed by atoms with van der Waals surface area (Å²) in [5.74, 6) is 1.31. The molecule has 43 valence electrons. The van der Waals surface area contributed by atoms with Crippen LogP contribution in [0.25, 0.3) is 0 Å². The van der Waals surface area contributed by atoms with E-state index in [0.717, 1.165) is 0 Å². The van der Waals surface area contributed by atoms with Gasteiger partial charge in [-0.3, -0.25) is 0 Å². The zero-order chi connectivity index (χ0) is 4.12. The molecule has 0 bridgehead atoms. The summed E-state index contributed by atoms with van der Waals surface area (Å²) in [6.45, 7) is 2.19. The number of hydrogen-bond donors (Lipinski definition) is 0. The minimum atomic E-state index is 0. The van der Waals surface area contributed by atoms with Crippen molar-refractivity contribution in [3.8, 4) is 0 Å². The van der Waals surface area contributed by atoms with E-state index in [-0.39, 0.29) is 22.4 Å². The Morgan fingerprint density at radius 1 is 1.50 bits per heavy atom. The number of thioether (sulfide) groups is 1. The van der Waals surface area contributed by atoms with E-state index in [0.29, 0.717) is 0 Å². The summed E-state index contributed by atoms with van der Waals surface area (Å²) in [6, 6.07) is 0. The van der Waals surface area contributed by atoms with Gasteiger partial charge in [0.2, 0.25) is 0 Å². The second-order valence-corrected chi connectivity index (χ2v) is 1.98. The molecule has 0 saturated heterocycles. The molecule has 0 atom stereocenters. The van der Waals surface area contributed by atoms with Crippen molar-refractivity contribution in [3.05, 3.63) is 0 Å². The molecule has 0 saturated carbocycles. The second-order valence-electron chi connectivity index (χ2n) is 0.993. The van der Waals surface area contributed by atoms with Gasteiger partial charge in [0.25, 0.3) is 0 Å². The fourth-order valence-electron chi connectivity index (χ4n) is 0.204. The zero-order valence-electron chi connectivity index (χ0n) is 4.12. The van der Waals surface area contributed by atoms with Gasteiger partial charge < -0.3 is 0 Å². The largest absolute Gasteiger partial charge is 0.165 e. The van der Waals surface area contributed by atoms with Gasteiger partial charge >= 0.3 is 0 Å². The van der Waals surface area contributed by atoms with Crippen LogP contribution in [0.1, 0.15) is 13.3 Å². The maximum Gasteiger partial charge on any atom is 0 e. The van der Waals surface area contributed by atoms with Crippen LogP contribution in [0, 0.1) is 0 Å². The van der Waals surface area contributed by atoms with Crippen molar-refractivity contribution in [1.82, 2.24) is 0 Å². The molecule has 0 aromatic carbocycles. The van der Waals surface area contributed by atoms with Gasteiger partial charge in [0.1, 0.15) is 0 Å². The molecular weight excluding hydrogens is 277 g/mol. The summed E-state index contributed by atoms with van der Waals surface area (Å²) >= 11 is 1.90. The van der Waals surface area contributed by atoms with E-state index in [1.54, 1.807) is 0 Å². The van der Waals surface area contributed by atoms with E-state index >= 15 is 0 Å². The Bertz CT molecular complexity index is 15.0. The van der Waals surface area contributed by atoms with E-state index in [1.807, 2.05) is 11.8 Å². The molecular formula is C4H10AuS. The molecule has 0 unspecified atom stereocenters. The Morgan fingerprint density at radius 2 is 2.00 bits per heavy atom. The van der Waals surface area contributed by atoms with Crippen LogP contribution in [0.4, 0.5) is 0 Å². The van der Waals surface area contributed by atoms with E-state index < -0.39 is 0 Å². The van der Waals surface area contributed by atoms with E-state index in [4.69, 9.17) is 0 Å². The van der Waals surface area contributed by atoms with Gasteiger partial charge in [0, 0.05) is 22.4 Å². The van der Waals surface area contributed by atoms with Gasteiger partial charge in [0.05, 0.1) is 0 Å². The fraction of sp³-hybridized carbons (Fsp3) is 1.00. The molecule has 0 heterocycles. The molecule has 0 nitrogen and oxygen atoms in total. The molecule has 1 radical (unpaired) electrons.